The van der Waals surface area contributed by atoms with Gasteiger partial charge in [0.2, 0.25) is 5.91 Å². The zero-order valence-electron chi connectivity index (χ0n) is 14.3. The van der Waals surface area contributed by atoms with Crippen LogP contribution in [0.25, 0.3) is 0 Å². The summed E-state index contributed by atoms with van der Waals surface area (Å²) in [5.41, 5.74) is 0.859. The summed E-state index contributed by atoms with van der Waals surface area (Å²) in [6.07, 6.45) is -4.45. The van der Waals surface area contributed by atoms with Gasteiger partial charge in [-0.15, -0.1) is 0 Å². The molecule has 0 bridgehead atoms. The molecule has 0 radical (unpaired) electrons. The van der Waals surface area contributed by atoms with Crippen molar-refractivity contribution in [2.45, 2.75) is 19.1 Å². The molecule has 1 aromatic carbocycles. The van der Waals surface area contributed by atoms with E-state index in [1.54, 1.807) is 23.7 Å². The zero-order chi connectivity index (χ0) is 19.1. The number of carbonyl (C=O) groups is 2. The lowest BCUT2D eigenvalue weighted by Crippen LogP contribution is -2.52. The lowest BCUT2D eigenvalue weighted by molar-refractivity contribution is -0.137. The number of nitrogens with zero attached hydrogens (tertiary/aromatic N) is 2. The van der Waals surface area contributed by atoms with Gasteiger partial charge in [0.1, 0.15) is 11.7 Å². The molecule has 0 aliphatic carbocycles. The van der Waals surface area contributed by atoms with Crippen molar-refractivity contribution in [3.05, 3.63) is 58.9 Å². The summed E-state index contributed by atoms with van der Waals surface area (Å²) in [6.45, 7) is 2.43. The molecule has 1 unspecified atom stereocenters. The lowest BCUT2D eigenvalue weighted by Gasteiger charge is -2.35. The van der Waals surface area contributed by atoms with Crippen LogP contribution in [0, 0.1) is 6.92 Å². The molecule has 0 saturated carbocycles. The monoisotopic (exact) mass is 365 g/mol. The molecule has 2 aromatic rings. The summed E-state index contributed by atoms with van der Waals surface area (Å²) in [7, 11) is 1.75. The molecule has 1 aromatic heterocycles. The summed E-state index contributed by atoms with van der Waals surface area (Å²) in [5, 5.41) is 2.67. The lowest BCUT2D eigenvalue weighted by atomic mass is 10.00. The van der Waals surface area contributed by atoms with E-state index in [0.29, 0.717) is 17.8 Å². The van der Waals surface area contributed by atoms with Gasteiger partial charge in [-0.1, -0.05) is 12.1 Å². The largest absolute Gasteiger partial charge is 0.416 e. The fraction of sp³-hybridized carbons (Fsp3) is 0.333. The first kappa shape index (κ1) is 18.0. The van der Waals surface area contributed by atoms with Crippen molar-refractivity contribution in [3.63, 3.8) is 0 Å². The number of hydrogen-bond acceptors (Lipinski definition) is 2. The van der Waals surface area contributed by atoms with Gasteiger partial charge in [-0.2, -0.15) is 13.2 Å². The number of piperazine rings is 1. The second kappa shape index (κ2) is 6.51. The number of halogens is 3. The number of aromatic nitrogens is 1. The molecule has 1 aliphatic rings. The number of amides is 2. The quantitative estimate of drug-likeness (QED) is 0.890. The number of benzene rings is 1. The van der Waals surface area contributed by atoms with Crippen molar-refractivity contribution in [1.82, 2.24) is 14.8 Å². The highest BCUT2D eigenvalue weighted by Gasteiger charge is 2.36. The maximum Gasteiger partial charge on any atom is 0.416 e. The number of hydrogen-bond donors (Lipinski definition) is 1. The SMILES string of the molecule is Cc1ccc(C(=O)N2CCNC(=O)C2c2ccc(C(F)(F)F)cc2)n1C. The van der Waals surface area contributed by atoms with E-state index in [1.165, 1.54) is 17.0 Å². The van der Waals surface area contributed by atoms with Crippen LogP contribution in [0.1, 0.15) is 33.4 Å². The molecule has 1 N–H and O–H groups in total. The highest BCUT2D eigenvalue weighted by atomic mass is 19.4. The van der Waals surface area contributed by atoms with E-state index in [1.807, 2.05) is 6.92 Å². The van der Waals surface area contributed by atoms with E-state index >= 15 is 0 Å². The third-order valence-electron chi connectivity index (χ3n) is 4.62. The van der Waals surface area contributed by atoms with Gasteiger partial charge in [-0.05, 0) is 36.8 Å². The summed E-state index contributed by atoms with van der Waals surface area (Å²) in [4.78, 5) is 26.7. The molecule has 1 aliphatic heterocycles. The Balaban J connectivity index is 1.95. The van der Waals surface area contributed by atoms with Crippen LogP contribution in [0.3, 0.4) is 0 Å². The third kappa shape index (κ3) is 3.18. The number of aryl methyl sites for hydroxylation is 1. The standard InChI is InChI=1S/C18H18F3N3O2/c1-11-3-8-14(23(11)2)17(26)24-10-9-22-16(25)15(24)12-4-6-13(7-5-12)18(19,20)21/h3-8,15H,9-10H2,1-2H3,(H,22,25). The van der Waals surface area contributed by atoms with Gasteiger partial charge in [-0.3, -0.25) is 9.59 Å². The van der Waals surface area contributed by atoms with Crippen LogP contribution in [-0.4, -0.2) is 34.4 Å². The van der Waals surface area contributed by atoms with E-state index in [-0.39, 0.29) is 12.5 Å². The van der Waals surface area contributed by atoms with Crippen LogP contribution in [0.15, 0.2) is 36.4 Å². The minimum absolute atomic E-state index is 0.278. The zero-order valence-corrected chi connectivity index (χ0v) is 14.3. The fourth-order valence-corrected chi connectivity index (χ4v) is 3.05. The van der Waals surface area contributed by atoms with Crippen molar-refractivity contribution in [3.8, 4) is 0 Å². The molecular weight excluding hydrogens is 347 g/mol. The Kier molecular flexibility index (Phi) is 4.52. The van der Waals surface area contributed by atoms with Crippen LogP contribution in [0.2, 0.25) is 0 Å². The predicted octanol–water partition coefficient (Wildman–Crippen LogP) is 2.67. The molecule has 2 heterocycles. The minimum atomic E-state index is -4.45. The second-order valence-corrected chi connectivity index (χ2v) is 6.23. The van der Waals surface area contributed by atoms with Gasteiger partial charge in [-0.25, -0.2) is 0 Å². The van der Waals surface area contributed by atoms with Crippen LogP contribution >= 0.6 is 0 Å². The van der Waals surface area contributed by atoms with E-state index in [0.717, 1.165) is 17.8 Å². The van der Waals surface area contributed by atoms with Gasteiger partial charge in [0.05, 0.1) is 5.56 Å². The van der Waals surface area contributed by atoms with Crippen molar-refractivity contribution in [2.75, 3.05) is 13.1 Å². The first-order valence-corrected chi connectivity index (χ1v) is 8.08. The molecule has 3 rings (SSSR count). The third-order valence-corrected chi connectivity index (χ3v) is 4.62. The number of alkyl halides is 3. The Morgan fingerprint density at radius 1 is 1.15 bits per heavy atom. The maximum atomic E-state index is 12.9. The molecule has 26 heavy (non-hydrogen) atoms. The topological polar surface area (TPSA) is 54.3 Å². The average Bonchev–Trinajstić information content (AvgIpc) is 2.92. The van der Waals surface area contributed by atoms with E-state index in [2.05, 4.69) is 5.32 Å². The van der Waals surface area contributed by atoms with E-state index in [4.69, 9.17) is 0 Å². The Morgan fingerprint density at radius 2 is 1.81 bits per heavy atom. The number of nitrogens with one attached hydrogen (secondary N) is 1. The summed E-state index contributed by atoms with van der Waals surface area (Å²) >= 11 is 0. The molecule has 5 nitrogen and oxygen atoms in total. The smallest absolute Gasteiger partial charge is 0.352 e. The van der Waals surface area contributed by atoms with Gasteiger partial charge >= 0.3 is 6.18 Å². The Bertz CT molecular complexity index is 840. The van der Waals surface area contributed by atoms with Crippen LogP contribution in [0.4, 0.5) is 13.2 Å². The maximum absolute atomic E-state index is 12.9. The highest BCUT2D eigenvalue weighted by molar-refractivity contribution is 5.97. The molecule has 1 atom stereocenters. The summed E-state index contributed by atoms with van der Waals surface area (Å²) in [5.74, 6) is -0.740. The van der Waals surface area contributed by atoms with Gasteiger partial charge in [0, 0.05) is 25.8 Å². The first-order valence-electron chi connectivity index (χ1n) is 8.08. The Labute approximate surface area is 148 Å². The van der Waals surface area contributed by atoms with Crippen molar-refractivity contribution in [2.24, 2.45) is 7.05 Å². The minimum Gasteiger partial charge on any atom is -0.352 e. The Morgan fingerprint density at radius 3 is 2.35 bits per heavy atom. The molecule has 2 amide bonds. The summed E-state index contributed by atoms with van der Waals surface area (Å²) < 4.78 is 40.0. The van der Waals surface area contributed by atoms with E-state index in [9.17, 15) is 22.8 Å². The first-order chi connectivity index (χ1) is 12.2. The predicted molar refractivity (Wildman–Crippen MR) is 88.4 cm³/mol. The average molecular weight is 365 g/mol. The van der Waals surface area contributed by atoms with Crippen molar-refractivity contribution in [1.29, 1.82) is 0 Å². The fourth-order valence-electron chi connectivity index (χ4n) is 3.05. The normalized spacial score (nSPS) is 18.0. The molecule has 138 valence electrons. The molecule has 8 heteroatoms. The molecule has 1 fully saturated rings. The number of rotatable bonds is 2. The Hall–Kier alpha value is -2.77. The van der Waals surface area contributed by atoms with Crippen molar-refractivity contribution < 1.29 is 22.8 Å². The molecule has 0 spiro atoms. The second-order valence-electron chi connectivity index (χ2n) is 6.23. The highest BCUT2D eigenvalue weighted by Crippen LogP contribution is 2.32. The molecule has 1 saturated heterocycles. The van der Waals surface area contributed by atoms with Gasteiger partial charge in [0.15, 0.2) is 0 Å². The van der Waals surface area contributed by atoms with Crippen molar-refractivity contribution >= 4 is 11.8 Å². The number of carbonyl (C=O) groups excluding carboxylic acids is 2. The molecular formula is C18H18F3N3O2. The van der Waals surface area contributed by atoms with Gasteiger partial charge in [0.25, 0.3) is 5.91 Å². The summed E-state index contributed by atoms with van der Waals surface area (Å²) in [6, 6.07) is 6.84. The van der Waals surface area contributed by atoms with Crippen LogP contribution in [-0.2, 0) is 18.0 Å². The van der Waals surface area contributed by atoms with E-state index < -0.39 is 23.7 Å². The van der Waals surface area contributed by atoms with Crippen LogP contribution < -0.4 is 5.32 Å². The van der Waals surface area contributed by atoms with Crippen LogP contribution in [0.5, 0.6) is 0 Å². The van der Waals surface area contributed by atoms with Gasteiger partial charge < -0.3 is 14.8 Å².